The van der Waals surface area contributed by atoms with Gasteiger partial charge in [0, 0.05) is 5.75 Å². The SMILES string of the molecule is CCc1ccc(Cn2c(Br)nnc2SCC(=O)[O-])c2ccccc12.[Na+]. The molecule has 0 saturated carbocycles. The number of carbonyl (C=O) groups is 1. The average molecular weight is 428 g/mol. The quantitative estimate of drug-likeness (QED) is 0.397. The van der Waals surface area contributed by atoms with Gasteiger partial charge in [0.05, 0.1) is 12.5 Å². The van der Waals surface area contributed by atoms with E-state index in [2.05, 4.69) is 57.3 Å². The Balaban J connectivity index is 0.00000225. The molecule has 0 aliphatic rings. The fourth-order valence-electron chi connectivity index (χ4n) is 2.67. The Bertz CT molecular complexity index is 901. The molecular weight excluding hydrogens is 413 g/mol. The molecule has 0 aliphatic carbocycles. The summed E-state index contributed by atoms with van der Waals surface area (Å²) in [5.74, 6) is -1.27. The maximum Gasteiger partial charge on any atom is 1.00 e. The third-order valence-electron chi connectivity index (χ3n) is 3.80. The van der Waals surface area contributed by atoms with E-state index in [4.69, 9.17) is 0 Å². The van der Waals surface area contributed by atoms with Crippen LogP contribution < -0.4 is 34.7 Å². The molecule has 0 aliphatic heterocycles. The van der Waals surface area contributed by atoms with Crippen LogP contribution in [0.1, 0.15) is 18.1 Å². The predicted octanol–water partition coefficient (Wildman–Crippen LogP) is -0.350. The zero-order valence-corrected chi connectivity index (χ0v) is 18.4. The minimum atomic E-state index is -1.12. The standard InChI is InChI=1S/C17H16BrN3O2S.Na/c1-2-11-7-8-12(14-6-4-3-5-13(11)14)9-21-16(18)19-20-17(21)24-10-15(22)23;/h3-8H,2,9-10H2,1H3,(H,22,23);/q;+1/p-1. The van der Waals surface area contributed by atoms with Gasteiger partial charge in [0.2, 0.25) is 4.73 Å². The summed E-state index contributed by atoms with van der Waals surface area (Å²) in [6.07, 6.45) is 0.976. The molecule has 25 heavy (non-hydrogen) atoms. The van der Waals surface area contributed by atoms with Crippen LogP contribution in [0.3, 0.4) is 0 Å². The summed E-state index contributed by atoms with van der Waals surface area (Å²) in [4.78, 5) is 10.7. The summed E-state index contributed by atoms with van der Waals surface area (Å²) >= 11 is 4.49. The second-order valence-corrected chi connectivity index (χ2v) is 6.93. The molecule has 1 aromatic heterocycles. The van der Waals surface area contributed by atoms with Crippen molar-refractivity contribution >= 4 is 44.4 Å². The molecule has 3 rings (SSSR count). The molecule has 0 N–H and O–H groups in total. The number of thioether (sulfide) groups is 1. The van der Waals surface area contributed by atoms with Gasteiger partial charge in [-0.05, 0) is 44.3 Å². The minimum absolute atomic E-state index is 0. The number of aromatic nitrogens is 3. The van der Waals surface area contributed by atoms with E-state index in [0.717, 1.165) is 23.7 Å². The van der Waals surface area contributed by atoms with E-state index < -0.39 is 5.97 Å². The van der Waals surface area contributed by atoms with E-state index in [1.54, 1.807) is 0 Å². The number of nitrogens with zero attached hydrogens (tertiary/aromatic N) is 3. The summed E-state index contributed by atoms with van der Waals surface area (Å²) in [7, 11) is 0. The molecule has 1 heterocycles. The maximum absolute atomic E-state index is 10.7. The number of hydrogen-bond donors (Lipinski definition) is 0. The molecule has 3 aromatic rings. The molecule has 0 radical (unpaired) electrons. The van der Waals surface area contributed by atoms with Crippen LogP contribution in [-0.4, -0.2) is 26.5 Å². The van der Waals surface area contributed by atoms with Gasteiger partial charge in [0.1, 0.15) is 0 Å². The number of carboxylic acid groups (broad SMARTS) is 1. The van der Waals surface area contributed by atoms with Crippen LogP contribution in [0.5, 0.6) is 0 Å². The Hall–Kier alpha value is -0.860. The Labute approximate surface area is 180 Å². The topological polar surface area (TPSA) is 70.8 Å². The number of carboxylic acids is 1. The first-order valence-corrected chi connectivity index (χ1v) is 9.29. The number of rotatable bonds is 6. The molecule has 0 saturated heterocycles. The van der Waals surface area contributed by atoms with Crippen molar-refractivity contribution in [2.45, 2.75) is 25.0 Å². The van der Waals surface area contributed by atoms with Crippen LogP contribution in [0, 0.1) is 0 Å². The Morgan fingerprint density at radius 2 is 1.80 bits per heavy atom. The van der Waals surface area contributed by atoms with E-state index in [1.165, 1.54) is 16.3 Å². The summed E-state index contributed by atoms with van der Waals surface area (Å²) in [5.41, 5.74) is 2.45. The van der Waals surface area contributed by atoms with Gasteiger partial charge in [-0.3, -0.25) is 4.57 Å². The van der Waals surface area contributed by atoms with Crippen LogP contribution in [0.2, 0.25) is 0 Å². The summed E-state index contributed by atoms with van der Waals surface area (Å²) in [5, 5.41) is 21.7. The number of carbonyl (C=O) groups excluding carboxylic acids is 1. The van der Waals surface area contributed by atoms with Crippen molar-refractivity contribution in [2.24, 2.45) is 0 Å². The third-order valence-corrected chi connectivity index (χ3v) is 5.33. The van der Waals surface area contributed by atoms with Crippen molar-refractivity contribution in [2.75, 3.05) is 5.75 Å². The Morgan fingerprint density at radius 1 is 1.16 bits per heavy atom. The van der Waals surface area contributed by atoms with Crippen LogP contribution in [0.25, 0.3) is 10.8 Å². The summed E-state index contributed by atoms with van der Waals surface area (Å²) in [6.45, 7) is 2.71. The zero-order valence-electron chi connectivity index (χ0n) is 14.0. The second kappa shape index (κ2) is 9.19. The van der Waals surface area contributed by atoms with Crippen LogP contribution in [0.15, 0.2) is 46.3 Å². The molecule has 0 fully saturated rings. The molecule has 0 spiro atoms. The van der Waals surface area contributed by atoms with Gasteiger partial charge in [-0.2, -0.15) is 0 Å². The van der Waals surface area contributed by atoms with Crippen LogP contribution in [-0.2, 0) is 17.8 Å². The van der Waals surface area contributed by atoms with Crippen molar-refractivity contribution in [3.8, 4) is 0 Å². The molecule has 0 atom stereocenters. The van der Waals surface area contributed by atoms with Gasteiger partial charge < -0.3 is 9.90 Å². The molecular formula is C17H15BrN3NaO2S. The monoisotopic (exact) mass is 427 g/mol. The van der Waals surface area contributed by atoms with Crippen molar-refractivity contribution in [3.05, 3.63) is 52.3 Å². The van der Waals surface area contributed by atoms with Gasteiger partial charge in [0.15, 0.2) is 5.16 Å². The first-order chi connectivity index (χ1) is 11.6. The van der Waals surface area contributed by atoms with E-state index >= 15 is 0 Å². The van der Waals surface area contributed by atoms with Gasteiger partial charge in [-0.1, -0.05) is 55.1 Å². The van der Waals surface area contributed by atoms with Gasteiger partial charge in [-0.25, -0.2) is 0 Å². The van der Waals surface area contributed by atoms with E-state index in [1.807, 2.05) is 16.7 Å². The fraction of sp³-hybridized carbons (Fsp3) is 0.235. The largest absolute Gasteiger partial charge is 1.00 e. The molecule has 5 nitrogen and oxygen atoms in total. The van der Waals surface area contributed by atoms with E-state index in [-0.39, 0.29) is 35.3 Å². The number of hydrogen-bond acceptors (Lipinski definition) is 5. The number of halogens is 1. The van der Waals surface area contributed by atoms with Gasteiger partial charge in [0.25, 0.3) is 0 Å². The van der Waals surface area contributed by atoms with E-state index in [0.29, 0.717) is 16.4 Å². The van der Waals surface area contributed by atoms with Crippen molar-refractivity contribution in [1.29, 1.82) is 0 Å². The Morgan fingerprint density at radius 3 is 2.44 bits per heavy atom. The number of fused-ring (bicyclic) bond motifs is 1. The molecule has 8 heteroatoms. The number of benzene rings is 2. The molecule has 0 unspecified atom stereocenters. The van der Waals surface area contributed by atoms with Gasteiger partial charge >= 0.3 is 29.6 Å². The molecule has 0 bridgehead atoms. The second-order valence-electron chi connectivity index (χ2n) is 5.28. The predicted molar refractivity (Wildman–Crippen MR) is 95.9 cm³/mol. The van der Waals surface area contributed by atoms with Crippen molar-refractivity contribution in [3.63, 3.8) is 0 Å². The Kier molecular flexibility index (Phi) is 7.51. The smallest absolute Gasteiger partial charge is 0.549 e. The third kappa shape index (κ3) is 4.65. The average Bonchev–Trinajstić information content (AvgIpc) is 2.93. The number of aryl methyl sites for hydroxylation is 1. The van der Waals surface area contributed by atoms with Gasteiger partial charge in [-0.15, -0.1) is 10.2 Å². The molecule has 2 aromatic carbocycles. The van der Waals surface area contributed by atoms with Crippen molar-refractivity contribution < 1.29 is 39.5 Å². The first-order valence-electron chi connectivity index (χ1n) is 7.51. The maximum atomic E-state index is 10.7. The minimum Gasteiger partial charge on any atom is -0.549 e. The normalized spacial score (nSPS) is 10.6. The van der Waals surface area contributed by atoms with Crippen molar-refractivity contribution in [1.82, 2.24) is 14.8 Å². The molecule has 0 amide bonds. The zero-order chi connectivity index (χ0) is 17.1. The fourth-order valence-corrected chi connectivity index (χ4v) is 3.82. The number of aliphatic carboxylic acids is 1. The summed E-state index contributed by atoms with van der Waals surface area (Å²) < 4.78 is 2.44. The van der Waals surface area contributed by atoms with E-state index in [9.17, 15) is 9.90 Å². The summed E-state index contributed by atoms with van der Waals surface area (Å²) in [6, 6.07) is 12.6. The first kappa shape index (κ1) is 20.5. The van der Waals surface area contributed by atoms with Crippen LogP contribution in [0.4, 0.5) is 0 Å². The van der Waals surface area contributed by atoms with Crippen LogP contribution >= 0.6 is 27.7 Å². The molecule has 124 valence electrons.